The zero-order chi connectivity index (χ0) is 15.3. The summed E-state index contributed by atoms with van der Waals surface area (Å²) in [6, 6.07) is 6.22. The van der Waals surface area contributed by atoms with Gasteiger partial charge >= 0.3 is 0 Å². The van der Waals surface area contributed by atoms with Crippen molar-refractivity contribution in [3.8, 4) is 11.5 Å². The number of hydrogen-bond donors (Lipinski definition) is 1. The van der Waals surface area contributed by atoms with Gasteiger partial charge in [0.15, 0.2) is 11.5 Å². The Bertz CT molecular complexity index is 445. The Morgan fingerprint density at radius 2 is 1.86 bits per heavy atom. The maximum absolute atomic E-state index is 5.97. The maximum atomic E-state index is 5.97. The third kappa shape index (κ3) is 5.24. The summed E-state index contributed by atoms with van der Waals surface area (Å²) >= 11 is 0. The van der Waals surface area contributed by atoms with Crippen molar-refractivity contribution in [2.24, 2.45) is 5.92 Å². The minimum Gasteiger partial charge on any atom is -0.493 e. The van der Waals surface area contributed by atoms with E-state index in [9.17, 15) is 0 Å². The van der Waals surface area contributed by atoms with E-state index in [1.807, 2.05) is 6.07 Å². The highest BCUT2D eigenvalue weighted by atomic mass is 16.5. The van der Waals surface area contributed by atoms with E-state index in [-0.39, 0.29) is 5.54 Å². The predicted molar refractivity (Wildman–Crippen MR) is 87.0 cm³/mol. The average molecular weight is 291 g/mol. The van der Waals surface area contributed by atoms with Crippen molar-refractivity contribution >= 4 is 0 Å². The molecule has 1 aromatic carbocycles. The first-order valence-electron chi connectivity index (χ1n) is 8.03. The molecule has 0 radical (unpaired) electrons. The largest absolute Gasteiger partial charge is 0.493 e. The van der Waals surface area contributed by atoms with Gasteiger partial charge in [0.1, 0.15) is 0 Å². The zero-order valence-corrected chi connectivity index (χ0v) is 13.9. The summed E-state index contributed by atoms with van der Waals surface area (Å²) < 4.78 is 11.4. The lowest BCUT2D eigenvalue weighted by Crippen LogP contribution is -2.35. The van der Waals surface area contributed by atoms with Crippen molar-refractivity contribution in [2.45, 2.75) is 58.5 Å². The van der Waals surface area contributed by atoms with Crippen LogP contribution in [0.4, 0.5) is 0 Å². The molecule has 2 rings (SSSR count). The minimum atomic E-state index is 0.116. The highest BCUT2D eigenvalue weighted by Gasteiger charge is 2.17. The lowest BCUT2D eigenvalue weighted by molar-refractivity contribution is 0.240. The van der Waals surface area contributed by atoms with E-state index in [0.29, 0.717) is 0 Å². The van der Waals surface area contributed by atoms with Gasteiger partial charge in [-0.05, 0) is 57.2 Å². The van der Waals surface area contributed by atoms with Crippen LogP contribution in [-0.2, 0) is 6.54 Å². The van der Waals surface area contributed by atoms with Gasteiger partial charge in [-0.25, -0.2) is 0 Å². The molecular formula is C18H29NO2. The van der Waals surface area contributed by atoms with Gasteiger partial charge in [0.25, 0.3) is 0 Å². The average Bonchev–Trinajstić information content (AvgIpc) is 2.95. The Balaban J connectivity index is 1.95. The first-order valence-corrected chi connectivity index (χ1v) is 8.03. The van der Waals surface area contributed by atoms with Crippen LogP contribution in [0.5, 0.6) is 11.5 Å². The van der Waals surface area contributed by atoms with Crippen molar-refractivity contribution in [1.82, 2.24) is 5.32 Å². The normalized spacial score (nSPS) is 16.2. The van der Waals surface area contributed by atoms with Gasteiger partial charge in [-0.2, -0.15) is 0 Å². The van der Waals surface area contributed by atoms with Crippen molar-refractivity contribution < 1.29 is 9.47 Å². The van der Waals surface area contributed by atoms with Gasteiger partial charge in [0.2, 0.25) is 0 Å². The van der Waals surface area contributed by atoms with E-state index in [1.165, 1.54) is 31.2 Å². The fraction of sp³-hybridized carbons (Fsp3) is 0.667. The molecule has 0 unspecified atom stereocenters. The molecule has 1 saturated carbocycles. The second kappa shape index (κ2) is 7.17. The van der Waals surface area contributed by atoms with Crippen molar-refractivity contribution in [1.29, 1.82) is 0 Å². The first-order chi connectivity index (χ1) is 9.98. The summed E-state index contributed by atoms with van der Waals surface area (Å²) in [6.07, 6.45) is 5.30. The van der Waals surface area contributed by atoms with E-state index < -0.39 is 0 Å². The Morgan fingerprint density at radius 1 is 1.14 bits per heavy atom. The molecule has 1 aliphatic rings. The molecule has 0 aliphatic heterocycles. The molecule has 3 nitrogen and oxygen atoms in total. The molecule has 0 aromatic heterocycles. The van der Waals surface area contributed by atoms with E-state index >= 15 is 0 Å². The Labute approximate surface area is 129 Å². The smallest absolute Gasteiger partial charge is 0.161 e. The molecule has 1 N–H and O–H groups in total. The molecule has 0 atom stereocenters. The van der Waals surface area contributed by atoms with Crippen LogP contribution in [0.15, 0.2) is 18.2 Å². The summed E-state index contributed by atoms with van der Waals surface area (Å²) in [5.74, 6) is 2.42. The molecule has 1 fully saturated rings. The van der Waals surface area contributed by atoms with Crippen molar-refractivity contribution in [2.75, 3.05) is 13.7 Å². The summed E-state index contributed by atoms with van der Waals surface area (Å²) in [5, 5.41) is 3.49. The minimum absolute atomic E-state index is 0.116. The standard InChI is InChI=1S/C18H29NO2/c1-18(2,3)19-12-15-9-10-16(17(11-15)20-4)21-13-14-7-5-6-8-14/h9-11,14,19H,5-8,12-13H2,1-4H3. The molecule has 0 saturated heterocycles. The zero-order valence-electron chi connectivity index (χ0n) is 13.9. The van der Waals surface area contributed by atoms with Crippen LogP contribution in [0.3, 0.4) is 0 Å². The van der Waals surface area contributed by atoms with Crippen LogP contribution in [0, 0.1) is 5.92 Å². The van der Waals surface area contributed by atoms with Gasteiger partial charge in [-0.15, -0.1) is 0 Å². The van der Waals surface area contributed by atoms with E-state index in [0.717, 1.165) is 30.6 Å². The predicted octanol–water partition coefficient (Wildman–Crippen LogP) is 4.15. The first kappa shape index (κ1) is 16.2. The second-order valence-corrected chi connectivity index (χ2v) is 7.05. The van der Waals surface area contributed by atoms with Gasteiger partial charge in [0, 0.05) is 12.1 Å². The van der Waals surface area contributed by atoms with Crippen LogP contribution in [0.1, 0.15) is 52.0 Å². The van der Waals surface area contributed by atoms with E-state index in [1.54, 1.807) is 7.11 Å². The van der Waals surface area contributed by atoms with Gasteiger partial charge in [0.05, 0.1) is 13.7 Å². The quantitative estimate of drug-likeness (QED) is 0.854. The highest BCUT2D eigenvalue weighted by Crippen LogP contribution is 2.31. The van der Waals surface area contributed by atoms with Crippen molar-refractivity contribution in [3.63, 3.8) is 0 Å². The molecular weight excluding hydrogens is 262 g/mol. The number of hydrogen-bond acceptors (Lipinski definition) is 3. The Hall–Kier alpha value is -1.22. The molecule has 1 aromatic rings. The molecule has 3 heteroatoms. The van der Waals surface area contributed by atoms with E-state index in [2.05, 4.69) is 38.2 Å². The second-order valence-electron chi connectivity index (χ2n) is 7.05. The monoisotopic (exact) mass is 291 g/mol. The Morgan fingerprint density at radius 3 is 2.48 bits per heavy atom. The maximum Gasteiger partial charge on any atom is 0.161 e. The summed E-state index contributed by atoms with van der Waals surface area (Å²) in [7, 11) is 1.71. The molecule has 118 valence electrons. The van der Waals surface area contributed by atoms with Crippen molar-refractivity contribution in [3.05, 3.63) is 23.8 Å². The number of ether oxygens (including phenoxy) is 2. The molecule has 0 spiro atoms. The SMILES string of the molecule is COc1cc(CNC(C)(C)C)ccc1OCC1CCCC1. The van der Waals surface area contributed by atoms with Crippen LogP contribution < -0.4 is 14.8 Å². The van der Waals surface area contributed by atoms with Gasteiger partial charge in [-0.1, -0.05) is 18.9 Å². The Kier molecular flexibility index (Phi) is 5.51. The number of nitrogens with one attached hydrogen (secondary N) is 1. The number of methoxy groups -OCH3 is 1. The topological polar surface area (TPSA) is 30.5 Å². The summed E-state index contributed by atoms with van der Waals surface area (Å²) in [5.41, 5.74) is 1.33. The fourth-order valence-corrected chi connectivity index (χ4v) is 2.69. The lowest BCUT2D eigenvalue weighted by atomic mass is 10.1. The van der Waals surface area contributed by atoms with Crippen LogP contribution >= 0.6 is 0 Å². The summed E-state index contributed by atoms with van der Waals surface area (Å²) in [4.78, 5) is 0. The lowest BCUT2D eigenvalue weighted by Gasteiger charge is -2.21. The highest BCUT2D eigenvalue weighted by molar-refractivity contribution is 5.43. The molecule has 0 bridgehead atoms. The van der Waals surface area contributed by atoms with Gasteiger partial charge in [-0.3, -0.25) is 0 Å². The molecule has 0 heterocycles. The molecule has 1 aliphatic carbocycles. The molecule has 0 amide bonds. The molecule has 21 heavy (non-hydrogen) atoms. The fourth-order valence-electron chi connectivity index (χ4n) is 2.69. The van der Waals surface area contributed by atoms with Crippen LogP contribution in [0.25, 0.3) is 0 Å². The van der Waals surface area contributed by atoms with Gasteiger partial charge < -0.3 is 14.8 Å². The number of rotatable bonds is 6. The van der Waals surface area contributed by atoms with Crippen LogP contribution in [0.2, 0.25) is 0 Å². The van der Waals surface area contributed by atoms with E-state index in [4.69, 9.17) is 9.47 Å². The third-order valence-corrected chi connectivity index (χ3v) is 4.00. The third-order valence-electron chi connectivity index (χ3n) is 4.00. The summed E-state index contributed by atoms with van der Waals surface area (Å²) in [6.45, 7) is 8.16. The van der Waals surface area contributed by atoms with Crippen LogP contribution in [-0.4, -0.2) is 19.3 Å². The number of benzene rings is 1.